The van der Waals surface area contributed by atoms with Crippen molar-refractivity contribution in [3.05, 3.63) is 30.1 Å². The van der Waals surface area contributed by atoms with Gasteiger partial charge in [0.1, 0.15) is 6.07 Å². The summed E-state index contributed by atoms with van der Waals surface area (Å²) in [6, 6.07) is 8.20. The highest BCUT2D eigenvalue weighted by atomic mass is 19.3. The van der Waals surface area contributed by atoms with Gasteiger partial charge in [-0.25, -0.2) is 4.98 Å². The predicted octanol–water partition coefficient (Wildman–Crippen LogP) is 4.16. The molecule has 1 heterocycles. The summed E-state index contributed by atoms with van der Waals surface area (Å²) >= 11 is 0. The van der Waals surface area contributed by atoms with Crippen molar-refractivity contribution in [2.24, 2.45) is 0 Å². The van der Waals surface area contributed by atoms with E-state index in [1.54, 1.807) is 22.8 Å². The fourth-order valence-electron chi connectivity index (χ4n) is 3.02. The Bertz CT molecular complexity index is 663. The van der Waals surface area contributed by atoms with E-state index in [0.29, 0.717) is 11.0 Å². The molecule has 5 heteroatoms. The molecule has 20 heavy (non-hydrogen) atoms. The zero-order valence-corrected chi connectivity index (χ0v) is 11.0. The Morgan fingerprint density at radius 1 is 1.20 bits per heavy atom. The number of rotatable bonds is 2. The molecule has 0 unspecified atom stereocenters. The third kappa shape index (κ3) is 2.05. The molecule has 1 aliphatic rings. The molecule has 1 saturated carbocycles. The van der Waals surface area contributed by atoms with Crippen molar-refractivity contribution in [2.45, 2.75) is 44.1 Å². The normalized spacial score (nSPS) is 17.2. The molecule has 0 atom stereocenters. The van der Waals surface area contributed by atoms with Gasteiger partial charge in [-0.1, -0.05) is 31.4 Å². The van der Waals surface area contributed by atoms with Crippen molar-refractivity contribution in [3.8, 4) is 6.07 Å². The smallest absolute Gasteiger partial charge is 0.319 e. The first-order valence-electron chi connectivity index (χ1n) is 6.90. The fourth-order valence-corrected chi connectivity index (χ4v) is 3.02. The topological polar surface area (TPSA) is 41.6 Å². The Morgan fingerprint density at radius 3 is 2.60 bits per heavy atom. The van der Waals surface area contributed by atoms with Crippen LogP contribution in [0.3, 0.4) is 0 Å². The highest BCUT2D eigenvalue weighted by Crippen LogP contribution is 2.37. The van der Waals surface area contributed by atoms with Gasteiger partial charge in [-0.05, 0) is 25.0 Å². The summed E-state index contributed by atoms with van der Waals surface area (Å²) in [5.74, 6) is -3.95. The zero-order chi connectivity index (χ0) is 14.2. The average Bonchev–Trinajstić information content (AvgIpc) is 2.88. The lowest BCUT2D eigenvalue weighted by Crippen LogP contribution is -2.22. The van der Waals surface area contributed by atoms with Crippen LogP contribution >= 0.6 is 0 Å². The predicted molar refractivity (Wildman–Crippen MR) is 71.4 cm³/mol. The fraction of sp³-hybridized carbons (Fsp3) is 0.467. The second-order valence-electron chi connectivity index (χ2n) is 5.27. The van der Waals surface area contributed by atoms with Crippen LogP contribution < -0.4 is 0 Å². The lowest BCUT2D eigenvalue weighted by atomic mass is 9.95. The van der Waals surface area contributed by atoms with Gasteiger partial charge in [0.05, 0.1) is 11.0 Å². The first kappa shape index (κ1) is 13.0. The van der Waals surface area contributed by atoms with Crippen molar-refractivity contribution in [2.75, 3.05) is 0 Å². The number of halogens is 2. The van der Waals surface area contributed by atoms with E-state index in [-0.39, 0.29) is 6.04 Å². The van der Waals surface area contributed by atoms with Crippen LogP contribution in [0.1, 0.15) is 44.0 Å². The molecule has 3 nitrogen and oxygen atoms in total. The van der Waals surface area contributed by atoms with Crippen LogP contribution in [0, 0.1) is 11.3 Å². The van der Waals surface area contributed by atoms with E-state index in [1.807, 2.05) is 6.07 Å². The maximum Gasteiger partial charge on any atom is 0.388 e. The number of hydrogen-bond acceptors (Lipinski definition) is 2. The molecule has 0 amide bonds. The number of hydrogen-bond donors (Lipinski definition) is 0. The standard InChI is InChI=1S/C15H15F2N3/c16-15(17,10-18)14-19-12-8-4-5-9-13(12)20(14)11-6-2-1-3-7-11/h4-5,8-9,11H,1-3,6-7H2. The van der Waals surface area contributed by atoms with E-state index >= 15 is 0 Å². The number of para-hydroxylation sites is 2. The summed E-state index contributed by atoms with van der Waals surface area (Å²) in [4.78, 5) is 4.02. The molecule has 0 bridgehead atoms. The van der Waals surface area contributed by atoms with Gasteiger partial charge in [-0.3, -0.25) is 0 Å². The van der Waals surface area contributed by atoms with Crippen LogP contribution in [0.5, 0.6) is 0 Å². The molecule has 104 valence electrons. The van der Waals surface area contributed by atoms with Crippen molar-refractivity contribution in [1.29, 1.82) is 5.26 Å². The van der Waals surface area contributed by atoms with E-state index < -0.39 is 11.7 Å². The van der Waals surface area contributed by atoms with Crippen molar-refractivity contribution >= 4 is 11.0 Å². The van der Waals surface area contributed by atoms with Crippen LogP contribution in [-0.4, -0.2) is 9.55 Å². The highest BCUT2D eigenvalue weighted by molar-refractivity contribution is 5.76. The molecule has 1 fully saturated rings. The van der Waals surface area contributed by atoms with Gasteiger partial charge in [-0.2, -0.15) is 14.0 Å². The number of imidazole rings is 1. The summed E-state index contributed by atoms with van der Waals surface area (Å²) in [6.07, 6.45) is 4.96. The highest BCUT2D eigenvalue weighted by Gasteiger charge is 2.39. The maximum absolute atomic E-state index is 13.9. The van der Waals surface area contributed by atoms with E-state index in [2.05, 4.69) is 4.98 Å². The van der Waals surface area contributed by atoms with Gasteiger partial charge >= 0.3 is 5.92 Å². The molecular weight excluding hydrogens is 260 g/mol. The molecular formula is C15H15F2N3. The second kappa shape index (κ2) is 4.86. The number of nitrogens with zero attached hydrogens (tertiary/aromatic N) is 3. The Balaban J connectivity index is 2.20. The largest absolute Gasteiger partial charge is 0.388 e. The van der Waals surface area contributed by atoms with Gasteiger partial charge in [0.15, 0.2) is 5.82 Å². The Morgan fingerprint density at radius 2 is 1.90 bits per heavy atom. The number of benzene rings is 1. The van der Waals surface area contributed by atoms with Crippen LogP contribution in [0.4, 0.5) is 8.78 Å². The molecule has 0 aliphatic heterocycles. The molecule has 1 aromatic heterocycles. The molecule has 0 spiro atoms. The number of alkyl halides is 2. The summed E-state index contributed by atoms with van der Waals surface area (Å²) in [7, 11) is 0. The van der Waals surface area contributed by atoms with E-state index in [1.165, 1.54) is 0 Å². The summed E-state index contributed by atoms with van der Waals surface area (Å²) in [5, 5.41) is 8.74. The number of fused-ring (bicyclic) bond motifs is 1. The van der Waals surface area contributed by atoms with Gasteiger partial charge in [0, 0.05) is 6.04 Å². The molecule has 1 aliphatic carbocycles. The minimum Gasteiger partial charge on any atom is -0.319 e. The SMILES string of the molecule is N#CC(F)(F)c1nc2ccccc2n1C1CCCCC1. The van der Waals surface area contributed by atoms with E-state index in [9.17, 15) is 8.78 Å². The lowest BCUT2D eigenvalue weighted by Gasteiger charge is -2.26. The van der Waals surface area contributed by atoms with Crippen LogP contribution in [0.25, 0.3) is 11.0 Å². The Kier molecular flexibility index (Phi) is 3.17. The Hall–Kier alpha value is -1.96. The summed E-state index contributed by atoms with van der Waals surface area (Å²) in [6.45, 7) is 0. The number of aromatic nitrogens is 2. The van der Waals surface area contributed by atoms with Crippen LogP contribution in [-0.2, 0) is 5.92 Å². The molecule has 2 aromatic rings. The van der Waals surface area contributed by atoms with Gasteiger partial charge < -0.3 is 4.57 Å². The summed E-state index contributed by atoms with van der Waals surface area (Å²) < 4.78 is 29.4. The van der Waals surface area contributed by atoms with Crippen molar-refractivity contribution < 1.29 is 8.78 Å². The molecule has 1 aromatic carbocycles. The molecule has 0 N–H and O–H groups in total. The Labute approximate surface area is 115 Å². The minimum absolute atomic E-state index is 0.0189. The molecule has 3 rings (SSSR count). The maximum atomic E-state index is 13.9. The lowest BCUT2D eigenvalue weighted by molar-refractivity contribution is 0.0447. The number of nitriles is 1. The third-order valence-corrected chi connectivity index (χ3v) is 3.96. The van der Waals surface area contributed by atoms with Gasteiger partial charge in [0.2, 0.25) is 0 Å². The average molecular weight is 275 g/mol. The minimum atomic E-state index is -3.55. The quantitative estimate of drug-likeness (QED) is 0.825. The summed E-state index contributed by atoms with van der Waals surface area (Å²) in [5.41, 5.74) is 1.23. The second-order valence-corrected chi connectivity index (χ2v) is 5.27. The first-order chi connectivity index (χ1) is 9.63. The van der Waals surface area contributed by atoms with Crippen molar-refractivity contribution in [1.82, 2.24) is 9.55 Å². The van der Waals surface area contributed by atoms with Crippen LogP contribution in [0.2, 0.25) is 0 Å². The van der Waals surface area contributed by atoms with Gasteiger partial charge in [0.25, 0.3) is 0 Å². The first-order valence-corrected chi connectivity index (χ1v) is 6.90. The third-order valence-electron chi connectivity index (χ3n) is 3.96. The van der Waals surface area contributed by atoms with Gasteiger partial charge in [-0.15, -0.1) is 0 Å². The van der Waals surface area contributed by atoms with Crippen molar-refractivity contribution in [3.63, 3.8) is 0 Å². The molecule has 0 radical (unpaired) electrons. The zero-order valence-electron chi connectivity index (χ0n) is 11.0. The monoisotopic (exact) mass is 275 g/mol. The van der Waals surface area contributed by atoms with Crippen LogP contribution in [0.15, 0.2) is 24.3 Å². The van der Waals surface area contributed by atoms with E-state index in [0.717, 1.165) is 38.2 Å². The van der Waals surface area contributed by atoms with E-state index in [4.69, 9.17) is 5.26 Å². The molecule has 0 saturated heterocycles.